The zero-order chi connectivity index (χ0) is 15.7. The predicted octanol–water partition coefficient (Wildman–Crippen LogP) is 5.72. The molecule has 0 spiro atoms. The second kappa shape index (κ2) is 6.51. The smallest absolute Gasteiger partial charge is 0.197 e. The van der Waals surface area contributed by atoms with Crippen molar-refractivity contribution in [1.29, 1.82) is 0 Å². The molecule has 0 radical (unpaired) electrons. The molecule has 0 aliphatic rings. The van der Waals surface area contributed by atoms with Crippen LogP contribution >= 0.6 is 43.5 Å². The molecule has 21 heavy (non-hydrogen) atoms. The average Bonchev–Trinajstić information content (AvgIpc) is 2.40. The van der Waals surface area contributed by atoms with Crippen LogP contribution in [0.5, 0.6) is 5.75 Å². The van der Waals surface area contributed by atoms with Gasteiger partial charge >= 0.3 is 0 Å². The van der Waals surface area contributed by atoms with E-state index in [0.717, 1.165) is 20.1 Å². The molecule has 0 aliphatic heterocycles. The summed E-state index contributed by atoms with van der Waals surface area (Å²) in [5.41, 5.74) is 2.82. The zero-order valence-corrected chi connectivity index (χ0v) is 15.7. The molecule has 0 N–H and O–H groups in total. The van der Waals surface area contributed by atoms with E-state index >= 15 is 0 Å². The number of halogens is 3. The highest BCUT2D eigenvalue weighted by molar-refractivity contribution is 9.10. The van der Waals surface area contributed by atoms with E-state index in [0.29, 0.717) is 21.9 Å². The van der Waals surface area contributed by atoms with Gasteiger partial charge < -0.3 is 4.74 Å². The van der Waals surface area contributed by atoms with Gasteiger partial charge in [-0.15, -0.1) is 0 Å². The lowest BCUT2D eigenvalue weighted by atomic mass is 9.96. The number of methoxy groups -OCH3 is 1. The number of rotatable bonds is 3. The fourth-order valence-corrected chi connectivity index (χ4v) is 3.62. The summed E-state index contributed by atoms with van der Waals surface area (Å²) in [5, 5.41) is 0.510. The van der Waals surface area contributed by atoms with E-state index in [4.69, 9.17) is 16.3 Å². The van der Waals surface area contributed by atoms with Crippen LogP contribution in [0.3, 0.4) is 0 Å². The maximum absolute atomic E-state index is 12.9. The third-order valence-electron chi connectivity index (χ3n) is 3.22. The van der Waals surface area contributed by atoms with Gasteiger partial charge in [-0.05, 0) is 49.2 Å². The normalized spacial score (nSPS) is 10.6. The average molecular weight is 433 g/mol. The maximum Gasteiger partial charge on any atom is 0.197 e. The minimum Gasteiger partial charge on any atom is -0.496 e. The standard InChI is InChI=1S/C16H13Br2ClO2/c1-8-4-13(18)9(2)14(16(8)21-3)15(20)10-5-11(17)7-12(19)6-10/h4-7H,1-3H3. The molecule has 0 unspecified atom stereocenters. The molecule has 0 saturated heterocycles. The van der Waals surface area contributed by atoms with E-state index in [9.17, 15) is 4.79 Å². The molecule has 0 bridgehead atoms. The first kappa shape index (κ1) is 16.5. The molecule has 2 nitrogen and oxygen atoms in total. The summed E-state index contributed by atoms with van der Waals surface area (Å²) in [7, 11) is 1.57. The molecule has 5 heteroatoms. The minimum atomic E-state index is -0.114. The van der Waals surface area contributed by atoms with Gasteiger partial charge in [0, 0.05) is 19.5 Å². The van der Waals surface area contributed by atoms with Gasteiger partial charge in [0.1, 0.15) is 5.75 Å². The van der Waals surface area contributed by atoms with Crippen molar-refractivity contribution in [2.75, 3.05) is 7.11 Å². The summed E-state index contributed by atoms with van der Waals surface area (Å²) in [4.78, 5) is 12.9. The fraction of sp³-hybridized carbons (Fsp3) is 0.188. The SMILES string of the molecule is COc1c(C)cc(Br)c(C)c1C(=O)c1cc(Cl)cc(Br)c1. The van der Waals surface area contributed by atoms with Gasteiger partial charge in [0.2, 0.25) is 0 Å². The number of benzene rings is 2. The van der Waals surface area contributed by atoms with Crippen LogP contribution in [0.1, 0.15) is 27.0 Å². The van der Waals surface area contributed by atoms with Crippen LogP contribution in [0.4, 0.5) is 0 Å². The molecular weight excluding hydrogens is 419 g/mol. The van der Waals surface area contributed by atoms with Crippen LogP contribution < -0.4 is 4.74 Å². The molecule has 2 aromatic rings. The molecule has 0 heterocycles. The van der Waals surface area contributed by atoms with Crippen molar-refractivity contribution >= 4 is 49.2 Å². The molecule has 0 atom stereocenters. The first-order valence-corrected chi connectivity index (χ1v) is 8.16. The summed E-state index contributed by atoms with van der Waals surface area (Å²) < 4.78 is 7.07. The number of carbonyl (C=O) groups excluding carboxylic acids is 1. The Morgan fingerprint density at radius 3 is 2.38 bits per heavy atom. The Kier molecular flexibility index (Phi) is 5.12. The summed E-state index contributed by atoms with van der Waals surface area (Å²) in [6, 6.07) is 7.10. The lowest BCUT2D eigenvalue weighted by molar-refractivity contribution is 0.103. The second-order valence-electron chi connectivity index (χ2n) is 4.70. The van der Waals surface area contributed by atoms with Crippen LogP contribution in [0.25, 0.3) is 0 Å². The summed E-state index contributed by atoms with van der Waals surface area (Å²) >= 11 is 12.9. The van der Waals surface area contributed by atoms with Gasteiger partial charge in [-0.3, -0.25) is 4.79 Å². The van der Waals surface area contributed by atoms with Crippen molar-refractivity contribution in [3.8, 4) is 5.75 Å². The summed E-state index contributed by atoms with van der Waals surface area (Å²) in [6.45, 7) is 3.80. The van der Waals surface area contributed by atoms with E-state index in [-0.39, 0.29) is 5.78 Å². The third kappa shape index (κ3) is 3.33. The number of ether oxygens (including phenoxy) is 1. The Bertz CT molecular complexity index is 706. The quantitative estimate of drug-likeness (QED) is 0.580. The van der Waals surface area contributed by atoms with Crippen molar-refractivity contribution in [3.05, 3.63) is 60.5 Å². The van der Waals surface area contributed by atoms with Gasteiger partial charge in [0.15, 0.2) is 5.78 Å². The van der Waals surface area contributed by atoms with Crippen LogP contribution in [0.2, 0.25) is 5.02 Å². The van der Waals surface area contributed by atoms with Crippen molar-refractivity contribution in [2.45, 2.75) is 13.8 Å². The van der Waals surface area contributed by atoms with Gasteiger partial charge in [-0.2, -0.15) is 0 Å². The molecule has 0 amide bonds. The van der Waals surface area contributed by atoms with Crippen molar-refractivity contribution in [1.82, 2.24) is 0 Å². The summed E-state index contributed by atoms with van der Waals surface area (Å²) in [6.07, 6.45) is 0. The lowest BCUT2D eigenvalue weighted by Crippen LogP contribution is -2.08. The Balaban J connectivity index is 2.68. The molecule has 0 aromatic heterocycles. The van der Waals surface area contributed by atoms with Gasteiger partial charge in [0.25, 0.3) is 0 Å². The highest BCUT2D eigenvalue weighted by Crippen LogP contribution is 2.34. The molecule has 110 valence electrons. The van der Waals surface area contributed by atoms with Crippen LogP contribution in [0, 0.1) is 13.8 Å². The van der Waals surface area contributed by atoms with Gasteiger partial charge in [-0.25, -0.2) is 0 Å². The van der Waals surface area contributed by atoms with E-state index in [1.165, 1.54) is 0 Å². The second-order valence-corrected chi connectivity index (χ2v) is 6.90. The number of aryl methyl sites for hydroxylation is 1. The maximum atomic E-state index is 12.9. The lowest BCUT2D eigenvalue weighted by Gasteiger charge is -2.15. The molecule has 0 fully saturated rings. The first-order valence-electron chi connectivity index (χ1n) is 6.19. The van der Waals surface area contributed by atoms with Crippen LogP contribution in [-0.2, 0) is 0 Å². The van der Waals surface area contributed by atoms with Crippen molar-refractivity contribution in [2.24, 2.45) is 0 Å². The molecule has 0 aliphatic carbocycles. The molecule has 2 aromatic carbocycles. The van der Waals surface area contributed by atoms with Gasteiger partial charge in [0.05, 0.1) is 12.7 Å². The van der Waals surface area contributed by atoms with Crippen molar-refractivity contribution in [3.63, 3.8) is 0 Å². The zero-order valence-electron chi connectivity index (χ0n) is 11.8. The molecule has 2 rings (SSSR count). The topological polar surface area (TPSA) is 26.3 Å². The number of hydrogen-bond acceptors (Lipinski definition) is 2. The van der Waals surface area contributed by atoms with Gasteiger partial charge in [-0.1, -0.05) is 43.5 Å². The largest absolute Gasteiger partial charge is 0.496 e. The Hall–Kier alpha value is -0.840. The number of ketones is 1. The summed E-state index contributed by atoms with van der Waals surface area (Å²) in [5.74, 6) is 0.480. The Morgan fingerprint density at radius 2 is 1.81 bits per heavy atom. The van der Waals surface area contributed by atoms with Crippen molar-refractivity contribution < 1.29 is 9.53 Å². The van der Waals surface area contributed by atoms with Crippen LogP contribution in [0.15, 0.2) is 33.2 Å². The predicted molar refractivity (Wildman–Crippen MR) is 92.8 cm³/mol. The Morgan fingerprint density at radius 1 is 1.14 bits per heavy atom. The van der Waals surface area contributed by atoms with E-state index in [2.05, 4.69) is 31.9 Å². The monoisotopic (exact) mass is 430 g/mol. The third-order valence-corrected chi connectivity index (χ3v) is 4.72. The first-order chi connectivity index (χ1) is 9.85. The van der Waals surface area contributed by atoms with E-state index < -0.39 is 0 Å². The fourth-order valence-electron chi connectivity index (χ4n) is 2.22. The minimum absolute atomic E-state index is 0.114. The van der Waals surface area contributed by atoms with Crippen LogP contribution in [-0.4, -0.2) is 12.9 Å². The van der Waals surface area contributed by atoms with E-state index in [1.807, 2.05) is 19.9 Å². The highest BCUT2D eigenvalue weighted by atomic mass is 79.9. The number of hydrogen-bond donors (Lipinski definition) is 0. The highest BCUT2D eigenvalue weighted by Gasteiger charge is 2.21. The number of carbonyl (C=O) groups is 1. The van der Waals surface area contributed by atoms with E-state index in [1.54, 1.807) is 25.3 Å². The Labute approximate surface area is 145 Å². The molecule has 0 saturated carbocycles. The molecular formula is C16H13Br2ClO2.